The fourth-order valence-corrected chi connectivity index (χ4v) is 2.50. The Labute approximate surface area is 148 Å². The molecule has 2 rings (SSSR count). The molecule has 1 aromatic carbocycles. The Morgan fingerprint density at radius 1 is 1.20 bits per heavy atom. The summed E-state index contributed by atoms with van der Waals surface area (Å²) in [7, 11) is 0. The fraction of sp³-hybridized carbons (Fsp3) is 0.474. The van der Waals surface area contributed by atoms with Gasteiger partial charge >= 0.3 is 12.1 Å². The molecule has 1 aromatic heterocycles. The molecule has 0 bridgehead atoms. The van der Waals surface area contributed by atoms with Crippen LogP contribution in [0.15, 0.2) is 30.5 Å². The van der Waals surface area contributed by atoms with Crippen LogP contribution in [-0.2, 0) is 20.8 Å². The minimum absolute atomic E-state index is 0.204. The molecular formula is C19H26N2O4. The van der Waals surface area contributed by atoms with Gasteiger partial charge in [-0.05, 0) is 45.4 Å². The number of carbonyl (C=O) groups is 2. The predicted octanol–water partition coefficient (Wildman–Crippen LogP) is 3.47. The zero-order chi connectivity index (χ0) is 18.4. The van der Waals surface area contributed by atoms with Crippen LogP contribution in [0.3, 0.4) is 0 Å². The normalized spacial score (nSPS) is 11.5. The standard InChI is InChI=1S/C19H26N2O4/c1-5-24-17(22)9-11-20-13-14-7-6-8-16-15(14)10-12-21(16)18(23)25-19(2,3)4/h6-8,10,12,20H,5,9,11,13H2,1-4H3. The van der Waals surface area contributed by atoms with Crippen molar-refractivity contribution in [1.29, 1.82) is 0 Å². The molecule has 0 amide bonds. The van der Waals surface area contributed by atoms with Crippen LogP contribution in [0.25, 0.3) is 10.9 Å². The number of hydrogen-bond acceptors (Lipinski definition) is 5. The molecular weight excluding hydrogens is 320 g/mol. The van der Waals surface area contributed by atoms with Crippen LogP contribution in [0, 0.1) is 0 Å². The van der Waals surface area contributed by atoms with E-state index in [1.807, 2.05) is 45.0 Å². The monoisotopic (exact) mass is 346 g/mol. The molecule has 0 aliphatic carbocycles. The highest BCUT2D eigenvalue weighted by Crippen LogP contribution is 2.21. The van der Waals surface area contributed by atoms with Gasteiger partial charge in [0.05, 0.1) is 18.5 Å². The number of nitrogens with one attached hydrogen (secondary N) is 1. The van der Waals surface area contributed by atoms with Gasteiger partial charge in [-0.3, -0.25) is 9.36 Å². The summed E-state index contributed by atoms with van der Waals surface area (Å²) in [6.45, 7) is 8.87. The first kappa shape index (κ1) is 19.0. The van der Waals surface area contributed by atoms with E-state index in [9.17, 15) is 9.59 Å². The van der Waals surface area contributed by atoms with Crippen molar-refractivity contribution in [3.05, 3.63) is 36.0 Å². The first-order chi connectivity index (χ1) is 11.8. The summed E-state index contributed by atoms with van der Waals surface area (Å²) in [5.41, 5.74) is 1.32. The third-order valence-electron chi connectivity index (χ3n) is 3.54. The molecule has 25 heavy (non-hydrogen) atoms. The molecule has 6 heteroatoms. The lowest BCUT2D eigenvalue weighted by Crippen LogP contribution is -2.26. The van der Waals surface area contributed by atoms with Crippen molar-refractivity contribution in [3.63, 3.8) is 0 Å². The quantitative estimate of drug-likeness (QED) is 0.641. The van der Waals surface area contributed by atoms with Crippen LogP contribution in [0.5, 0.6) is 0 Å². The second-order valence-electron chi connectivity index (χ2n) is 6.75. The number of aromatic nitrogens is 1. The van der Waals surface area contributed by atoms with E-state index in [2.05, 4.69) is 5.32 Å². The van der Waals surface area contributed by atoms with Crippen molar-refractivity contribution in [1.82, 2.24) is 9.88 Å². The highest BCUT2D eigenvalue weighted by atomic mass is 16.6. The molecule has 0 saturated heterocycles. The van der Waals surface area contributed by atoms with Gasteiger partial charge < -0.3 is 14.8 Å². The number of esters is 1. The summed E-state index contributed by atoms with van der Waals surface area (Å²) in [6, 6.07) is 7.70. The maximum atomic E-state index is 12.3. The summed E-state index contributed by atoms with van der Waals surface area (Å²) in [6.07, 6.45) is 1.67. The summed E-state index contributed by atoms with van der Waals surface area (Å²) < 4.78 is 11.9. The van der Waals surface area contributed by atoms with E-state index in [0.29, 0.717) is 26.1 Å². The predicted molar refractivity (Wildman–Crippen MR) is 96.5 cm³/mol. The van der Waals surface area contributed by atoms with Gasteiger partial charge in [0.1, 0.15) is 5.60 Å². The Hall–Kier alpha value is -2.34. The average Bonchev–Trinajstić information content (AvgIpc) is 2.95. The zero-order valence-corrected chi connectivity index (χ0v) is 15.3. The number of ether oxygens (including phenoxy) is 2. The van der Waals surface area contributed by atoms with E-state index in [4.69, 9.17) is 9.47 Å². The first-order valence-electron chi connectivity index (χ1n) is 8.50. The van der Waals surface area contributed by atoms with E-state index in [1.165, 1.54) is 4.57 Å². The lowest BCUT2D eigenvalue weighted by atomic mass is 10.1. The van der Waals surface area contributed by atoms with Crippen LogP contribution in [0.1, 0.15) is 39.7 Å². The molecule has 0 atom stereocenters. The number of carbonyl (C=O) groups excluding carboxylic acids is 2. The summed E-state index contributed by atoms with van der Waals surface area (Å²) in [5, 5.41) is 4.22. The molecule has 0 spiro atoms. The third kappa shape index (κ3) is 5.32. The lowest BCUT2D eigenvalue weighted by molar-refractivity contribution is -0.142. The number of nitrogens with zero attached hydrogens (tertiary/aromatic N) is 1. The van der Waals surface area contributed by atoms with Crippen molar-refractivity contribution in [2.45, 2.75) is 46.3 Å². The molecule has 0 unspecified atom stereocenters. The fourth-order valence-electron chi connectivity index (χ4n) is 2.50. The largest absolute Gasteiger partial charge is 0.466 e. The van der Waals surface area contributed by atoms with Gasteiger partial charge in [-0.15, -0.1) is 0 Å². The second kappa shape index (κ2) is 8.16. The van der Waals surface area contributed by atoms with E-state index >= 15 is 0 Å². The summed E-state index contributed by atoms with van der Waals surface area (Å²) in [5.74, 6) is -0.204. The van der Waals surface area contributed by atoms with Gasteiger partial charge in [0.25, 0.3) is 0 Å². The summed E-state index contributed by atoms with van der Waals surface area (Å²) >= 11 is 0. The highest BCUT2D eigenvalue weighted by Gasteiger charge is 2.19. The molecule has 1 N–H and O–H groups in total. The van der Waals surface area contributed by atoms with E-state index < -0.39 is 11.7 Å². The van der Waals surface area contributed by atoms with Crippen molar-refractivity contribution in [2.75, 3.05) is 13.2 Å². The Morgan fingerprint density at radius 2 is 1.96 bits per heavy atom. The first-order valence-corrected chi connectivity index (χ1v) is 8.50. The van der Waals surface area contributed by atoms with E-state index in [-0.39, 0.29) is 5.97 Å². The molecule has 0 aliphatic rings. The topological polar surface area (TPSA) is 69.6 Å². The van der Waals surface area contributed by atoms with Gasteiger partial charge in [0, 0.05) is 24.7 Å². The van der Waals surface area contributed by atoms with Crippen LogP contribution < -0.4 is 5.32 Å². The van der Waals surface area contributed by atoms with Gasteiger partial charge in [0.2, 0.25) is 0 Å². The highest BCUT2D eigenvalue weighted by molar-refractivity contribution is 5.91. The molecule has 0 radical (unpaired) electrons. The molecule has 2 aromatic rings. The van der Waals surface area contributed by atoms with Gasteiger partial charge in [-0.2, -0.15) is 0 Å². The zero-order valence-electron chi connectivity index (χ0n) is 15.3. The van der Waals surface area contributed by atoms with Crippen LogP contribution in [0.4, 0.5) is 4.79 Å². The molecule has 0 saturated carbocycles. The van der Waals surface area contributed by atoms with Crippen molar-refractivity contribution < 1.29 is 19.1 Å². The Morgan fingerprint density at radius 3 is 2.64 bits per heavy atom. The molecule has 0 aliphatic heterocycles. The minimum Gasteiger partial charge on any atom is -0.466 e. The van der Waals surface area contributed by atoms with Gasteiger partial charge in [0.15, 0.2) is 0 Å². The molecule has 1 heterocycles. The van der Waals surface area contributed by atoms with E-state index in [1.54, 1.807) is 13.1 Å². The maximum absolute atomic E-state index is 12.3. The van der Waals surface area contributed by atoms with Crippen molar-refractivity contribution in [3.8, 4) is 0 Å². The Bertz CT molecular complexity index is 743. The van der Waals surface area contributed by atoms with Crippen molar-refractivity contribution in [2.24, 2.45) is 0 Å². The van der Waals surface area contributed by atoms with Crippen LogP contribution >= 0.6 is 0 Å². The Balaban J connectivity index is 2.05. The van der Waals surface area contributed by atoms with Crippen LogP contribution in [0.2, 0.25) is 0 Å². The summed E-state index contributed by atoms with van der Waals surface area (Å²) in [4.78, 5) is 23.7. The third-order valence-corrected chi connectivity index (χ3v) is 3.54. The lowest BCUT2D eigenvalue weighted by Gasteiger charge is -2.19. The van der Waals surface area contributed by atoms with Crippen LogP contribution in [-0.4, -0.2) is 35.4 Å². The molecule has 6 nitrogen and oxygen atoms in total. The SMILES string of the molecule is CCOC(=O)CCNCc1cccc2c1ccn2C(=O)OC(C)(C)C. The molecule has 136 valence electrons. The number of benzene rings is 1. The number of rotatable bonds is 6. The average molecular weight is 346 g/mol. The Kier molecular flexibility index (Phi) is 6.20. The smallest absolute Gasteiger partial charge is 0.418 e. The number of hydrogen-bond donors (Lipinski definition) is 1. The maximum Gasteiger partial charge on any atom is 0.418 e. The van der Waals surface area contributed by atoms with Gasteiger partial charge in [-0.25, -0.2) is 4.79 Å². The van der Waals surface area contributed by atoms with Gasteiger partial charge in [-0.1, -0.05) is 12.1 Å². The minimum atomic E-state index is -0.542. The van der Waals surface area contributed by atoms with Crippen molar-refractivity contribution >= 4 is 23.0 Å². The molecule has 0 fully saturated rings. The second-order valence-corrected chi connectivity index (χ2v) is 6.75. The number of fused-ring (bicyclic) bond motifs is 1. The van der Waals surface area contributed by atoms with E-state index in [0.717, 1.165) is 16.5 Å².